The Bertz CT molecular complexity index is 817. The lowest BCUT2D eigenvalue weighted by Crippen LogP contribution is -2.51. The van der Waals surface area contributed by atoms with Crippen LogP contribution in [0.5, 0.6) is 5.19 Å². The van der Waals surface area contributed by atoms with Crippen LogP contribution in [0, 0.1) is 5.21 Å². The maximum absolute atomic E-state index is 13.5. The summed E-state index contributed by atoms with van der Waals surface area (Å²) in [4.78, 5) is 14.3. The Labute approximate surface area is 168 Å². The molecule has 152 valence electrons. The van der Waals surface area contributed by atoms with Gasteiger partial charge < -0.3 is 14.7 Å². The highest BCUT2D eigenvalue weighted by Gasteiger charge is 2.45. The summed E-state index contributed by atoms with van der Waals surface area (Å²) < 4.78 is 10.1. The second-order valence-electron chi connectivity index (χ2n) is 6.67. The Morgan fingerprint density at radius 1 is 1.39 bits per heavy atom. The van der Waals surface area contributed by atoms with Gasteiger partial charge in [-0.1, -0.05) is 42.2 Å². The number of likely N-dealkylation sites (N-methyl/N-ethyl adjacent to an activating group) is 1. The van der Waals surface area contributed by atoms with E-state index >= 15 is 0 Å². The summed E-state index contributed by atoms with van der Waals surface area (Å²) in [5.74, 6) is 0. The van der Waals surface area contributed by atoms with E-state index in [1.54, 1.807) is 11.9 Å². The van der Waals surface area contributed by atoms with E-state index in [4.69, 9.17) is 9.47 Å². The summed E-state index contributed by atoms with van der Waals surface area (Å²) in [6, 6.07) is 7.49. The van der Waals surface area contributed by atoms with Gasteiger partial charge in [0.15, 0.2) is 0 Å². The van der Waals surface area contributed by atoms with E-state index in [1.807, 2.05) is 38.1 Å². The van der Waals surface area contributed by atoms with Gasteiger partial charge in [-0.2, -0.15) is 0 Å². The molecule has 2 atom stereocenters. The van der Waals surface area contributed by atoms with Gasteiger partial charge >= 0.3 is 11.2 Å². The van der Waals surface area contributed by atoms with E-state index in [0.717, 1.165) is 29.7 Å². The van der Waals surface area contributed by atoms with E-state index in [0.29, 0.717) is 24.0 Å². The highest BCUT2D eigenvalue weighted by Crippen LogP contribution is 2.36. The molecule has 2 aromatic rings. The van der Waals surface area contributed by atoms with Gasteiger partial charge in [0.2, 0.25) is 0 Å². The molecular formula is C18H25N5O4S. The fraction of sp³-hybridized carbons (Fsp3) is 0.500. The van der Waals surface area contributed by atoms with E-state index in [9.17, 15) is 10.0 Å². The second-order valence-corrected chi connectivity index (χ2v) is 7.59. The number of para-hydroxylation sites is 1. The van der Waals surface area contributed by atoms with Crippen molar-refractivity contribution in [3.63, 3.8) is 0 Å². The summed E-state index contributed by atoms with van der Waals surface area (Å²) >= 11 is 1.09. The lowest BCUT2D eigenvalue weighted by atomic mass is 10.1. The van der Waals surface area contributed by atoms with E-state index in [1.165, 1.54) is 0 Å². The van der Waals surface area contributed by atoms with Crippen LogP contribution in [-0.4, -0.2) is 54.3 Å². The Hall–Kier alpha value is -2.27. The predicted molar refractivity (Wildman–Crippen MR) is 108 cm³/mol. The second kappa shape index (κ2) is 8.82. The zero-order valence-electron chi connectivity index (χ0n) is 16.3. The molecule has 1 aliphatic rings. The SMILES string of the molecule is CCCOc1nnc([N+]2([O-])CN(C)CC2OC(=O)Nc2ccccc2CC)s1. The molecule has 3 rings (SSSR count). The zero-order chi connectivity index (χ0) is 20.1. The molecule has 0 spiro atoms. The largest absolute Gasteiger partial charge is 0.622 e. The number of benzene rings is 1. The van der Waals surface area contributed by atoms with Gasteiger partial charge in [-0.3, -0.25) is 9.96 Å². The number of quaternary nitrogens is 1. The Balaban J connectivity index is 1.72. The van der Waals surface area contributed by atoms with Crippen LogP contribution in [0.4, 0.5) is 15.6 Å². The topological polar surface area (TPSA) is 99.6 Å². The number of hydrogen-bond donors (Lipinski definition) is 1. The molecule has 1 amide bonds. The van der Waals surface area contributed by atoms with Crippen LogP contribution in [0.2, 0.25) is 0 Å². The van der Waals surface area contributed by atoms with Crippen molar-refractivity contribution in [2.24, 2.45) is 0 Å². The third-order valence-electron chi connectivity index (χ3n) is 4.41. The Kier molecular flexibility index (Phi) is 6.45. The smallest absolute Gasteiger partial charge is 0.416 e. The van der Waals surface area contributed by atoms with Gasteiger partial charge in [-0.15, -0.1) is 0 Å². The lowest BCUT2D eigenvalue weighted by Gasteiger charge is -2.37. The number of amides is 1. The molecule has 1 aromatic carbocycles. The molecule has 2 heterocycles. The summed E-state index contributed by atoms with van der Waals surface area (Å²) in [6.45, 7) is 4.92. The number of ether oxygens (including phenoxy) is 2. The normalized spacial score (nSPS) is 22.2. The number of nitrogens with one attached hydrogen (secondary N) is 1. The van der Waals surface area contributed by atoms with Gasteiger partial charge in [-0.05, 0) is 31.5 Å². The van der Waals surface area contributed by atoms with Crippen LogP contribution >= 0.6 is 11.3 Å². The molecule has 28 heavy (non-hydrogen) atoms. The maximum atomic E-state index is 13.5. The summed E-state index contributed by atoms with van der Waals surface area (Å²) in [5, 5.41) is 24.7. The fourth-order valence-electron chi connectivity index (χ4n) is 3.03. The minimum atomic E-state index is -0.939. The fourth-order valence-corrected chi connectivity index (χ4v) is 3.82. The minimum Gasteiger partial charge on any atom is -0.622 e. The first-order valence-electron chi connectivity index (χ1n) is 9.26. The number of carbonyl (C=O) groups is 1. The number of rotatable bonds is 7. The van der Waals surface area contributed by atoms with Crippen LogP contribution in [0.25, 0.3) is 0 Å². The first-order chi connectivity index (χ1) is 13.5. The van der Waals surface area contributed by atoms with Crippen LogP contribution < -0.4 is 14.7 Å². The minimum absolute atomic E-state index is 0.117. The molecule has 9 nitrogen and oxygen atoms in total. The van der Waals surface area contributed by atoms with Crippen molar-refractivity contribution in [1.82, 2.24) is 19.7 Å². The number of aryl methyl sites for hydroxylation is 1. The number of carbonyl (C=O) groups excluding carboxylic acids is 1. The van der Waals surface area contributed by atoms with Crippen LogP contribution in [0.3, 0.4) is 0 Å². The molecule has 1 saturated heterocycles. The number of anilines is 1. The van der Waals surface area contributed by atoms with E-state index in [-0.39, 0.29) is 11.8 Å². The standard InChI is InChI=1S/C18H25N5O4S/c1-4-10-26-18-21-20-16(28-18)23(25)12-22(3)11-15(23)27-17(24)19-14-9-7-6-8-13(14)5-2/h6-9,15H,4-5,10-12H2,1-3H3,(H,19,24). The van der Waals surface area contributed by atoms with Crippen molar-refractivity contribution in [2.75, 3.05) is 32.2 Å². The molecule has 1 N–H and O–H groups in total. The van der Waals surface area contributed by atoms with Gasteiger partial charge in [-0.25, -0.2) is 9.69 Å². The third kappa shape index (κ3) is 4.41. The monoisotopic (exact) mass is 407 g/mol. The number of hydrogen-bond acceptors (Lipinski definition) is 8. The van der Waals surface area contributed by atoms with Crippen molar-refractivity contribution < 1.29 is 14.3 Å². The molecule has 1 aliphatic heterocycles. The Morgan fingerprint density at radius 3 is 2.93 bits per heavy atom. The van der Waals surface area contributed by atoms with Crippen LogP contribution in [0.1, 0.15) is 25.8 Å². The molecule has 1 aromatic heterocycles. The molecule has 1 fully saturated rings. The number of aromatic nitrogens is 2. The lowest BCUT2D eigenvalue weighted by molar-refractivity contribution is 0.0553. The van der Waals surface area contributed by atoms with E-state index in [2.05, 4.69) is 15.5 Å². The maximum Gasteiger partial charge on any atom is 0.416 e. The summed E-state index contributed by atoms with van der Waals surface area (Å²) in [7, 11) is 1.80. The Morgan fingerprint density at radius 2 is 2.18 bits per heavy atom. The van der Waals surface area contributed by atoms with Gasteiger partial charge in [0.25, 0.3) is 11.4 Å². The molecule has 10 heteroatoms. The first-order valence-corrected chi connectivity index (χ1v) is 10.1. The molecule has 0 aliphatic carbocycles. The van der Waals surface area contributed by atoms with Gasteiger partial charge in [0.1, 0.15) is 6.67 Å². The molecule has 2 unspecified atom stereocenters. The first kappa shape index (κ1) is 20.5. The number of nitrogens with zero attached hydrogens (tertiary/aromatic N) is 4. The quantitative estimate of drug-likeness (QED) is 0.556. The summed E-state index contributed by atoms with van der Waals surface area (Å²) in [6.07, 6.45) is 0.00707. The summed E-state index contributed by atoms with van der Waals surface area (Å²) in [5.41, 5.74) is 1.67. The van der Waals surface area contributed by atoms with Crippen molar-refractivity contribution >= 4 is 28.2 Å². The van der Waals surface area contributed by atoms with Gasteiger partial charge in [0, 0.05) is 17.0 Å². The molecule has 0 radical (unpaired) electrons. The number of hydroxylamine groups is 2. The van der Waals surface area contributed by atoms with Crippen LogP contribution in [-0.2, 0) is 11.2 Å². The van der Waals surface area contributed by atoms with Gasteiger partial charge in [0.05, 0.1) is 13.2 Å². The van der Waals surface area contributed by atoms with Crippen molar-refractivity contribution in [3.05, 3.63) is 35.0 Å². The van der Waals surface area contributed by atoms with Crippen LogP contribution in [0.15, 0.2) is 24.3 Å². The average Bonchev–Trinajstić information content (AvgIpc) is 3.26. The van der Waals surface area contributed by atoms with Crippen molar-refractivity contribution in [2.45, 2.75) is 32.9 Å². The highest BCUT2D eigenvalue weighted by atomic mass is 32.1. The van der Waals surface area contributed by atoms with Crippen molar-refractivity contribution in [1.29, 1.82) is 0 Å². The highest BCUT2D eigenvalue weighted by molar-refractivity contribution is 7.16. The van der Waals surface area contributed by atoms with Crippen molar-refractivity contribution in [3.8, 4) is 5.19 Å². The van der Waals surface area contributed by atoms with E-state index < -0.39 is 17.0 Å². The predicted octanol–water partition coefficient (Wildman–Crippen LogP) is 3.17. The zero-order valence-corrected chi connectivity index (χ0v) is 17.1. The molecule has 0 bridgehead atoms. The third-order valence-corrected chi connectivity index (χ3v) is 5.36. The average molecular weight is 407 g/mol. The molecular weight excluding hydrogens is 382 g/mol. The molecule has 0 saturated carbocycles.